The van der Waals surface area contributed by atoms with Crippen molar-refractivity contribution in [1.82, 2.24) is 15.1 Å². The molecule has 0 aliphatic heterocycles. The van der Waals surface area contributed by atoms with Gasteiger partial charge in [-0.05, 0) is 55.7 Å². The topological polar surface area (TPSA) is 46.9 Å². The van der Waals surface area contributed by atoms with Gasteiger partial charge in [-0.25, -0.2) is 4.68 Å². The van der Waals surface area contributed by atoms with E-state index in [0.717, 1.165) is 17.0 Å². The highest BCUT2D eigenvalue weighted by molar-refractivity contribution is 7.14. The number of thiophene rings is 1. The lowest BCUT2D eigenvalue weighted by atomic mass is 10.1. The van der Waals surface area contributed by atoms with Gasteiger partial charge in [0.25, 0.3) is 5.91 Å². The van der Waals surface area contributed by atoms with Crippen LogP contribution < -0.4 is 5.32 Å². The molecule has 5 heteroatoms. The molecular weight excluding hydrogens is 306 g/mol. The van der Waals surface area contributed by atoms with Gasteiger partial charge in [-0.1, -0.05) is 12.1 Å². The summed E-state index contributed by atoms with van der Waals surface area (Å²) in [4.78, 5) is 14.1. The molecule has 3 rings (SSSR count). The van der Waals surface area contributed by atoms with E-state index in [2.05, 4.69) is 22.5 Å². The maximum Gasteiger partial charge on any atom is 0.261 e. The van der Waals surface area contributed by atoms with Crippen molar-refractivity contribution in [3.8, 4) is 5.69 Å². The maximum absolute atomic E-state index is 12.1. The largest absolute Gasteiger partial charge is 0.351 e. The van der Waals surface area contributed by atoms with E-state index in [1.165, 1.54) is 16.0 Å². The zero-order valence-electron chi connectivity index (χ0n) is 13.2. The Balaban J connectivity index is 1.53. The van der Waals surface area contributed by atoms with Gasteiger partial charge in [0, 0.05) is 23.8 Å². The van der Waals surface area contributed by atoms with Gasteiger partial charge in [0.05, 0.1) is 10.6 Å². The number of amides is 1. The molecule has 1 amide bonds. The maximum atomic E-state index is 12.1. The van der Waals surface area contributed by atoms with Crippen molar-refractivity contribution in [3.63, 3.8) is 0 Å². The smallest absolute Gasteiger partial charge is 0.261 e. The zero-order valence-corrected chi connectivity index (χ0v) is 14.1. The molecule has 3 aromatic rings. The first-order valence-corrected chi connectivity index (χ1v) is 8.39. The van der Waals surface area contributed by atoms with E-state index >= 15 is 0 Å². The second-order valence-electron chi connectivity index (χ2n) is 5.47. The van der Waals surface area contributed by atoms with Crippen LogP contribution in [0.4, 0.5) is 0 Å². The fourth-order valence-electron chi connectivity index (χ4n) is 2.33. The summed E-state index contributed by atoms with van der Waals surface area (Å²) in [5, 5.41) is 7.19. The predicted octanol–water partition coefficient (Wildman–Crippen LogP) is 3.52. The summed E-state index contributed by atoms with van der Waals surface area (Å²) in [6.45, 7) is 4.71. The molecule has 0 saturated heterocycles. The monoisotopic (exact) mass is 325 g/mol. The van der Waals surface area contributed by atoms with Crippen LogP contribution in [0.1, 0.15) is 25.7 Å². The standard InChI is InChI=1S/C18H19N3OS/c1-13-12-17(23-14(13)2)18(22)19-10-8-15-4-6-16(7-5-15)21-11-3-9-20-21/h3-7,9,11-12H,8,10H2,1-2H3,(H,19,22). The predicted molar refractivity (Wildman–Crippen MR) is 93.4 cm³/mol. The molecule has 2 aromatic heterocycles. The Morgan fingerprint density at radius 1 is 1.26 bits per heavy atom. The Morgan fingerprint density at radius 2 is 2.04 bits per heavy atom. The van der Waals surface area contributed by atoms with Gasteiger partial charge in [-0.15, -0.1) is 11.3 Å². The van der Waals surface area contributed by atoms with Gasteiger partial charge in [0.2, 0.25) is 0 Å². The number of hydrogen-bond acceptors (Lipinski definition) is 3. The lowest BCUT2D eigenvalue weighted by Gasteiger charge is -2.06. The number of carbonyl (C=O) groups excluding carboxylic acids is 1. The van der Waals surface area contributed by atoms with Crippen molar-refractivity contribution in [1.29, 1.82) is 0 Å². The molecule has 2 heterocycles. The van der Waals surface area contributed by atoms with Crippen LogP contribution in [0.2, 0.25) is 0 Å². The lowest BCUT2D eigenvalue weighted by Crippen LogP contribution is -2.24. The fourth-order valence-corrected chi connectivity index (χ4v) is 3.28. The molecule has 1 aromatic carbocycles. The van der Waals surface area contributed by atoms with E-state index in [1.54, 1.807) is 17.5 Å². The van der Waals surface area contributed by atoms with Crippen LogP contribution in [0.5, 0.6) is 0 Å². The van der Waals surface area contributed by atoms with Gasteiger partial charge in [0.1, 0.15) is 0 Å². The quantitative estimate of drug-likeness (QED) is 0.780. The molecule has 0 atom stereocenters. The van der Waals surface area contributed by atoms with Crippen molar-refractivity contribution in [2.45, 2.75) is 20.3 Å². The average molecular weight is 325 g/mol. The fraction of sp³-hybridized carbons (Fsp3) is 0.222. The van der Waals surface area contributed by atoms with Gasteiger partial charge in [-0.2, -0.15) is 5.10 Å². The van der Waals surface area contributed by atoms with E-state index in [-0.39, 0.29) is 5.91 Å². The van der Waals surface area contributed by atoms with Crippen molar-refractivity contribution < 1.29 is 4.79 Å². The molecule has 0 aliphatic rings. The molecule has 0 bridgehead atoms. The van der Waals surface area contributed by atoms with Crippen molar-refractivity contribution in [3.05, 3.63) is 69.7 Å². The summed E-state index contributed by atoms with van der Waals surface area (Å²) in [5.74, 6) is 0.0133. The highest BCUT2D eigenvalue weighted by atomic mass is 32.1. The molecule has 0 aliphatic carbocycles. The number of nitrogens with zero attached hydrogens (tertiary/aromatic N) is 2. The summed E-state index contributed by atoms with van der Waals surface area (Å²) in [6, 6.07) is 12.1. The molecule has 0 saturated carbocycles. The van der Waals surface area contributed by atoms with E-state index in [1.807, 2.05) is 49.0 Å². The first kappa shape index (κ1) is 15.5. The molecule has 4 nitrogen and oxygen atoms in total. The summed E-state index contributed by atoms with van der Waals surface area (Å²) in [6.07, 6.45) is 4.49. The molecule has 0 fully saturated rings. The molecule has 0 unspecified atom stereocenters. The van der Waals surface area contributed by atoms with Gasteiger partial charge < -0.3 is 5.32 Å². The lowest BCUT2D eigenvalue weighted by molar-refractivity contribution is 0.0958. The van der Waals surface area contributed by atoms with E-state index in [4.69, 9.17) is 0 Å². The Morgan fingerprint density at radius 3 is 2.65 bits per heavy atom. The summed E-state index contributed by atoms with van der Waals surface area (Å²) in [7, 11) is 0. The number of nitrogens with one attached hydrogen (secondary N) is 1. The molecular formula is C18H19N3OS. The van der Waals surface area contributed by atoms with Crippen molar-refractivity contribution >= 4 is 17.2 Å². The Kier molecular flexibility index (Phi) is 4.57. The summed E-state index contributed by atoms with van der Waals surface area (Å²) >= 11 is 1.55. The van der Waals surface area contributed by atoms with Crippen molar-refractivity contribution in [2.24, 2.45) is 0 Å². The minimum atomic E-state index is 0.0133. The highest BCUT2D eigenvalue weighted by Crippen LogP contribution is 2.20. The van der Waals surface area contributed by atoms with Crippen LogP contribution in [-0.4, -0.2) is 22.2 Å². The van der Waals surface area contributed by atoms with Gasteiger partial charge in [-0.3, -0.25) is 4.79 Å². The van der Waals surface area contributed by atoms with E-state index in [0.29, 0.717) is 6.54 Å². The molecule has 23 heavy (non-hydrogen) atoms. The normalized spacial score (nSPS) is 10.7. The van der Waals surface area contributed by atoms with Crippen LogP contribution in [0.25, 0.3) is 5.69 Å². The van der Waals surface area contributed by atoms with Gasteiger partial charge >= 0.3 is 0 Å². The van der Waals surface area contributed by atoms with E-state index < -0.39 is 0 Å². The van der Waals surface area contributed by atoms with Crippen LogP contribution in [0.3, 0.4) is 0 Å². The third kappa shape index (κ3) is 3.68. The Labute approximate surface area is 139 Å². The van der Waals surface area contributed by atoms with E-state index in [9.17, 15) is 4.79 Å². The van der Waals surface area contributed by atoms with Crippen LogP contribution in [0.15, 0.2) is 48.8 Å². The molecule has 118 valence electrons. The number of rotatable bonds is 5. The first-order valence-electron chi connectivity index (χ1n) is 7.57. The Hall–Kier alpha value is -2.40. The third-order valence-electron chi connectivity index (χ3n) is 3.79. The average Bonchev–Trinajstić information content (AvgIpc) is 3.19. The second kappa shape index (κ2) is 6.79. The summed E-state index contributed by atoms with van der Waals surface area (Å²) in [5.41, 5.74) is 3.40. The number of aromatic nitrogens is 2. The first-order chi connectivity index (χ1) is 11.1. The minimum Gasteiger partial charge on any atom is -0.351 e. The molecule has 0 radical (unpaired) electrons. The molecule has 1 N–H and O–H groups in total. The molecule has 0 spiro atoms. The number of hydrogen-bond donors (Lipinski definition) is 1. The number of aryl methyl sites for hydroxylation is 2. The van der Waals surface area contributed by atoms with Crippen molar-refractivity contribution in [2.75, 3.05) is 6.54 Å². The highest BCUT2D eigenvalue weighted by Gasteiger charge is 2.09. The summed E-state index contributed by atoms with van der Waals surface area (Å²) < 4.78 is 1.83. The van der Waals surface area contributed by atoms with Crippen LogP contribution in [-0.2, 0) is 6.42 Å². The van der Waals surface area contributed by atoms with Crippen LogP contribution in [0, 0.1) is 13.8 Å². The zero-order chi connectivity index (χ0) is 16.2. The third-order valence-corrected chi connectivity index (χ3v) is 4.95. The van der Waals surface area contributed by atoms with Crippen LogP contribution >= 0.6 is 11.3 Å². The number of carbonyl (C=O) groups is 1. The SMILES string of the molecule is Cc1cc(C(=O)NCCc2ccc(-n3cccn3)cc2)sc1C. The second-order valence-corrected chi connectivity index (χ2v) is 6.73. The minimum absolute atomic E-state index is 0.0133. The van der Waals surface area contributed by atoms with Gasteiger partial charge in [0.15, 0.2) is 0 Å². The Bertz CT molecular complexity index is 769. The number of benzene rings is 1.